The molecule has 3 N–H and O–H groups in total. The topological polar surface area (TPSA) is 105 Å². The summed E-state index contributed by atoms with van der Waals surface area (Å²) in [6.45, 7) is 2.05. The molecule has 0 saturated carbocycles. The predicted octanol–water partition coefficient (Wildman–Crippen LogP) is 2.54. The van der Waals surface area contributed by atoms with Crippen molar-refractivity contribution in [2.75, 3.05) is 11.9 Å². The summed E-state index contributed by atoms with van der Waals surface area (Å²) in [5.41, 5.74) is 5.37. The molecule has 10 heteroatoms. The number of halogens is 3. The number of hydrogen-bond donors (Lipinski definition) is 2. The Morgan fingerprint density at radius 2 is 1.77 bits per heavy atom. The van der Waals surface area contributed by atoms with Crippen molar-refractivity contribution in [1.82, 2.24) is 9.88 Å². The first-order chi connectivity index (χ1) is 14.2. The van der Waals surface area contributed by atoms with Gasteiger partial charge in [0.15, 0.2) is 17.5 Å². The number of primary amides is 1. The summed E-state index contributed by atoms with van der Waals surface area (Å²) in [5.74, 6) is -6.98. The number of piperidine rings is 1. The molecular formula is C20H19F3N4O3. The summed E-state index contributed by atoms with van der Waals surface area (Å²) >= 11 is 0. The zero-order valence-corrected chi connectivity index (χ0v) is 16.0. The molecule has 2 aromatic rings. The van der Waals surface area contributed by atoms with Gasteiger partial charge < -0.3 is 16.0 Å². The predicted molar refractivity (Wildman–Crippen MR) is 101 cm³/mol. The van der Waals surface area contributed by atoms with Crippen LogP contribution in [0.4, 0.5) is 18.9 Å². The van der Waals surface area contributed by atoms with Gasteiger partial charge in [-0.2, -0.15) is 0 Å². The van der Waals surface area contributed by atoms with Crippen molar-refractivity contribution in [3.8, 4) is 0 Å². The number of likely N-dealkylation sites (tertiary alicyclic amines) is 1. The summed E-state index contributed by atoms with van der Waals surface area (Å²) in [7, 11) is 0. The first-order valence-corrected chi connectivity index (χ1v) is 9.18. The van der Waals surface area contributed by atoms with E-state index in [0.717, 1.165) is 12.1 Å². The first kappa shape index (κ1) is 21.3. The van der Waals surface area contributed by atoms with Gasteiger partial charge in [-0.3, -0.25) is 19.4 Å². The molecule has 3 rings (SSSR count). The molecule has 0 bridgehead atoms. The molecule has 1 aliphatic rings. The number of nitrogens with two attached hydrogens (primary N) is 1. The molecule has 0 aliphatic carbocycles. The SMILES string of the molecule is CC1CCC(c2cc(F)c(F)c(F)c2)N(C(=O)C(=O)Nc2cncc(C(N)=O)c2)C1. The van der Waals surface area contributed by atoms with Crippen LogP contribution in [0.5, 0.6) is 0 Å². The van der Waals surface area contributed by atoms with Gasteiger partial charge in [-0.05, 0) is 42.5 Å². The van der Waals surface area contributed by atoms with E-state index in [4.69, 9.17) is 5.73 Å². The van der Waals surface area contributed by atoms with Crippen molar-refractivity contribution in [3.63, 3.8) is 0 Å². The summed E-state index contributed by atoms with van der Waals surface area (Å²) in [5, 5.41) is 2.34. The minimum Gasteiger partial charge on any atom is -0.366 e. The van der Waals surface area contributed by atoms with Gasteiger partial charge in [0.2, 0.25) is 5.91 Å². The molecule has 0 radical (unpaired) electrons. The van der Waals surface area contributed by atoms with E-state index < -0.39 is 41.2 Å². The lowest BCUT2D eigenvalue weighted by Crippen LogP contribution is -2.46. The Hall–Kier alpha value is -3.43. The molecule has 30 heavy (non-hydrogen) atoms. The highest BCUT2D eigenvalue weighted by Gasteiger charge is 2.35. The maximum absolute atomic E-state index is 13.7. The lowest BCUT2D eigenvalue weighted by Gasteiger charge is -2.38. The number of rotatable bonds is 3. The second-order valence-electron chi connectivity index (χ2n) is 7.24. The van der Waals surface area contributed by atoms with Gasteiger partial charge in [0.1, 0.15) is 0 Å². The number of nitrogens with zero attached hydrogens (tertiary/aromatic N) is 2. The van der Waals surface area contributed by atoms with Crippen molar-refractivity contribution in [2.45, 2.75) is 25.8 Å². The Bertz CT molecular complexity index is 992. The molecule has 1 saturated heterocycles. The van der Waals surface area contributed by atoms with Crippen LogP contribution in [0.2, 0.25) is 0 Å². The molecule has 2 heterocycles. The first-order valence-electron chi connectivity index (χ1n) is 9.18. The smallest absolute Gasteiger partial charge is 0.313 e. The highest BCUT2D eigenvalue weighted by molar-refractivity contribution is 6.39. The highest BCUT2D eigenvalue weighted by atomic mass is 19.2. The molecule has 1 aromatic heterocycles. The van der Waals surface area contributed by atoms with Crippen LogP contribution >= 0.6 is 0 Å². The monoisotopic (exact) mass is 420 g/mol. The van der Waals surface area contributed by atoms with E-state index in [-0.39, 0.29) is 29.3 Å². The fourth-order valence-corrected chi connectivity index (χ4v) is 3.45. The fraction of sp³-hybridized carbons (Fsp3) is 0.300. The molecular weight excluding hydrogens is 401 g/mol. The number of carbonyl (C=O) groups is 3. The molecule has 7 nitrogen and oxygen atoms in total. The molecule has 0 spiro atoms. The number of nitrogens with one attached hydrogen (secondary N) is 1. The van der Waals surface area contributed by atoms with Crippen molar-refractivity contribution in [3.05, 3.63) is 59.2 Å². The van der Waals surface area contributed by atoms with E-state index in [9.17, 15) is 27.6 Å². The van der Waals surface area contributed by atoms with Crippen LogP contribution in [0.1, 0.15) is 41.7 Å². The Balaban J connectivity index is 1.85. The second kappa shape index (κ2) is 8.52. The Labute approximate surface area is 170 Å². The van der Waals surface area contributed by atoms with Gasteiger partial charge in [0.05, 0.1) is 23.5 Å². The Morgan fingerprint density at radius 3 is 2.40 bits per heavy atom. The van der Waals surface area contributed by atoms with E-state index in [1.807, 2.05) is 6.92 Å². The number of aromatic nitrogens is 1. The Morgan fingerprint density at radius 1 is 1.10 bits per heavy atom. The van der Waals surface area contributed by atoms with E-state index in [2.05, 4.69) is 10.3 Å². The summed E-state index contributed by atoms with van der Waals surface area (Å²) in [6, 6.07) is 2.13. The summed E-state index contributed by atoms with van der Waals surface area (Å²) < 4.78 is 40.7. The van der Waals surface area contributed by atoms with Gasteiger partial charge >= 0.3 is 11.8 Å². The quantitative estimate of drug-likeness (QED) is 0.588. The van der Waals surface area contributed by atoms with Crippen molar-refractivity contribution < 1.29 is 27.6 Å². The van der Waals surface area contributed by atoms with Crippen LogP contribution in [-0.2, 0) is 9.59 Å². The molecule has 3 amide bonds. The third kappa shape index (κ3) is 4.42. The van der Waals surface area contributed by atoms with Gasteiger partial charge in [0, 0.05) is 12.7 Å². The lowest BCUT2D eigenvalue weighted by molar-refractivity contribution is -0.146. The molecule has 158 valence electrons. The van der Waals surface area contributed by atoms with Gasteiger partial charge in [-0.1, -0.05) is 6.92 Å². The number of benzene rings is 1. The Kier molecular flexibility index (Phi) is 6.04. The highest BCUT2D eigenvalue weighted by Crippen LogP contribution is 2.34. The van der Waals surface area contributed by atoms with Gasteiger partial charge in [0.25, 0.3) is 0 Å². The maximum atomic E-state index is 13.7. The third-order valence-electron chi connectivity index (χ3n) is 4.94. The van der Waals surface area contributed by atoms with Crippen LogP contribution < -0.4 is 11.1 Å². The number of hydrogen-bond acceptors (Lipinski definition) is 4. The van der Waals surface area contributed by atoms with E-state index in [0.29, 0.717) is 12.8 Å². The number of anilines is 1. The largest absolute Gasteiger partial charge is 0.366 e. The maximum Gasteiger partial charge on any atom is 0.313 e. The van der Waals surface area contributed by atoms with Crippen molar-refractivity contribution in [2.24, 2.45) is 11.7 Å². The molecule has 1 fully saturated rings. The summed E-state index contributed by atoms with van der Waals surface area (Å²) in [4.78, 5) is 41.6. The van der Waals surface area contributed by atoms with Crippen molar-refractivity contribution >= 4 is 23.4 Å². The molecule has 2 atom stereocenters. The molecule has 1 aromatic carbocycles. The van der Waals surface area contributed by atoms with Crippen LogP contribution in [0.25, 0.3) is 0 Å². The normalized spacial score (nSPS) is 18.7. The second-order valence-corrected chi connectivity index (χ2v) is 7.24. The number of carbonyl (C=O) groups excluding carboxylic acids is 3. The summed E-state index contributed by atoms with van der Waals surface area (Å²) in [6.07, 6.45) is 3.45. The standard InChI is InChI=1S/C20H19F3N4O3/c1-10-2-3-16(11-5-14(21)17(23)15(22)6-11)27(9-10)20(30)19(29)26-13-4-12(18(24)28)7-25-8-13/h4-8,10,16H,2-3,9H2,1H3,(H2,24,28)(H,26,29). The van der Waals surface area contributed by atoms with E-state index in [1.54, 1.807) is 0 Å². The minimum absolute atomic E-state index is 0.0435. The zero-order chi connectivity index (χ0) is 22.0. The van der Waals surface area contributed by atoms with E-state index in [1.165, 1.54) is 23.4 Å². The van der Waals surface area contributed by atoms with Crippen LogP contribution in [0, 0.1) is 23.4 Å². The van der Waals surface area contributed by atoms with Crippen LogP contribution in [0.15, 0.2) is 30.6 Å². The number of pyridine rings is 1. The average Bonchev–Trinajstić information content (AvgIpc) is 2.71. The van der Waals surface area contributed by atoms with Gasteiger partial charge in [-0.25, -0.2) is 13.2 Å². The van der Waals surface area contributed by atoms with Crippen molar-refractivity contribution in [1.29, 1.82) is 0 Å². The van der Waals surface area contributed by atoms with Crippen LogP contribution in [-0.4, -0.2) is 34.2 Å². The number of amides is 3. The molecule has 2 unspecified atom stereocenters. The van der Waals surface area contributed by atoms with Gasteiger partial charge in [-0.15, -0.1) is 0 Å². The average molecular weight is 420 g/mol. The third-order valence-corrected chi connectivity index (χ3v) is 4.94. The van der Waals surface area contributed by atoms with Crippen LogP contribution in [0.3, 0.4) is 0 Å². The fourth-order valence-electron chi connectivity index (χ4n) is 3.45. The minimum atomic E-state index is -1.60. The van der Waals surface area contributed by atoms with E-state index >= 15 is 0 Å². The molecule has 1 aliphatic heterocycles. The lowest BCUT2D eigenvalue weighted by atomic mass is 9.89. The zero-order valence-electron chi connectivity index (χ0n) is 16.0.